The van der Waals surface area contributed by atoms with Gasteiger partial charge in [-0.3, -0.25) is 0 Å². The van der Waals surface area contributed by atoms with Crippen LogP contribution in [0.5, 0.6) is 11.5 Å². The lowest BCUT2D eigenvalue weighted by atomic mass is 10.3. The van der Waals surface area contributed by atoms with Gasteiger partial charge in [-0.2, -0.15) is 9.78 Å². The van der Waals surface area contributed by atoms with Crippen LogP contribution in [0.3, 0.4) is 0 Å². The Bertz CT molecular complexity index is 330. The third kappa shape index (κ3) is 2.59. The molecule has 0 N–H and O–H groups in total. The van der Waals surface area contributed by atoms with Crippen LogP contribution in [0.1, 0.15) is 0 Å². The van der Waals surface area contributed by atoms with E-state index < -0.39 is 0 Å². The van der Waals surface area contributed by atoms with Gasteiger partial charge in [0.15, 0.2) is 0 Å². The zero-order chi connectivity index (χ0) is 12.3. The van der Waals surface area contributed by atoms with Gasteiger partial charge in [-0.1, -0.05) is 46.4 Å². The van der Waals surface area contributed by atoms with Crippen molar-refractivity contribution in [1.29, 1.82) is 0 Å². The average Bonchev–Trinajstić information content (AvgIpc) is 2.28. The minimum absolute atomic E-state index is 0.00397. The number of benzene rings is 1. The lowest BCUT2D eigenvalue weighted by Crippen LogP contribution is -1.98. The van der Waals surface area contributed by atoms with Crippen molar-refractivity contribution >= 4 is 46.4 Å². The zero-order valence-corrected chi connectivity index (χ0v) is 11.2. The first-order chi connectivity index (χ1) is 7.54. The van der Waals surface area contributed by atoms with Crippen molar-refractivity contribution in [3.63, 3.8) is 0 Å². The molecule has 4 nitrogen and oxygen atoms in total. The summed E-state index contributed by atoms with van der Waals surface area (Å²) in [7, 11) is 2.57. The van der Waals surface area contributed by atoms with Gasteiger partial charge < -0.3 is 9.78 Å². The smallest absolute Gasteiger partial charge is 0.205 e. The molecular weight excluding hydrogens is 302 g/mol. The quantitative estimate of drug-likeness (QED) is 0.475. The highest BCUT2D eigenvalue weighted by Crippen LogP contribution is 2.50. The Morgan fingerprint density at radius 3 is 1.06 bits per heavy atom. The molecule has 90 valence electrons. The normalized spacial score (nSPS) is 10.4. The summed E-state index contributed by atoms with van der Waals surface area (Å²) < 4.78 is 0. The van der Waals surface area contributed by atoms with E-state index in [1.165, 1.54) is 14.2 Å². The van der Waals surface area contributed by atoms with Crippen molar-refractivity contribution in [2.24, 2.45) is 0 Å². The second-order valence-corrected chi connectivity index (χ2v) is 3.93. The average molecular weight is 308 g/mol. The van der Waals surface area contributed by atoms with E-state index in [1.807, 2.05) is 0 Å². The number of hydrogen-bond acceptors (Lipinski definition) is 4. The second-order valence-electron chi connectivity index (χ2n) is 2.41. The van der Waals surface area contributed by atoms with E-state index in [0.29, 0.717) is 0 Å². The minimum Gasteiger partial charge on any atom is -0.335 e. The van der Waals surface area contributed by atoms with E-state index in [4.69, 9.17) is 56.2 Å². The number of hydrogen-bond donors (Lipinski definition) is 0. The van der Waals surface area contributed by atoms with Gasteiger partial charge in [0.25, 0.3) is 0 Å². The van der Waals surface area contributed by atoms with Crippen LogP contribution >= 0.6 is 46.4 Å². The summed E-state index contributed by atoms with van der Waals surface area (Å²) in [5.41, 5.74) is 0. The molecule has 8 heteroatoms. The third-order valence-electron chi connectivity index (χ3n) is 1.52. The fourth-order valence-corrected chi connectivity index (χ4v) is 1.85. The molecule has 0 saturated carbocycles. The van der Waals surface area contributed by atoms with Crippen LogP contribution in [-0.2, 0) is 9.78 Å². The third-order valence-corrected chi connectivity index (χ3v) is 3.15. The van der Waals surface area contributed by atoms with Gasteiger partial charge >= 0.3 is 0 Å². The summed E-state index contributed by atoms with van der Waals surface area (Å²) in [4.78, 5) is 18.3. The molecule has 0 aliphatic rings. The van der Waals surface area contributed by atoms with E-state index in [1.54, 1.807) is 0 Å². The Morgan fingerprint density at radius 1 is 0.625 bits per heavy atom. The summed E-state index contributed by atoms with van der Waals surface area (Å²) in [5.74, 6) is 0.00794. The highest BCUT2D eigenvalue weighted by Gasteiger charge is 2.24. The summed E-state index contributed by atoms with van der Waals surface area (Å²) in [5, 5.41) is 0.0184. The molecule has 1 aromatic rings. The molecule has 0 fully saturated rings. The molecule has 0 heterocycles. The molecule has 0 atom stereocenters. The van der Waals surface area contributed by atoms with Gasteiger partial charge in [0, 0.05) is 0 Å². The molecule has 0 unspecified atom stereocenters. The fourth-order valence-electron chi connectivity index (χ4n) is 0.904. The van der Waals surface area contributed by atoms with Crippen LogP contribution in [0.2, 0.25) is 20.1 Å². The van der Waals surface area contributed by atoms with Crippen molar-refractivity contribution in [2.45, 2.75) is 0 Å². The maximum absolute atomic E-state index is 5.87. The first kappa shape index (κ1) is 14.0. The van der Waals surface area contributed by atoms with Crippen LogP contribution in [0, 0.1) is 0 Å². The first-order valence-electron chi connectivity index (χ1n) is 3.81. The maximum atomic E-state index is 5.87. The Kier molecular flexibility index (Phi) is 5.24. The Balaban J connectivity index is 3.37. The monoisotopic (exact) mass is 306 g/mol. The van der Waals surface area contributed by atoms with E-state index in [0.717, 1.165) is 0 Å². The van der Waals surface area contributed by atoms with Gasteiger partial charge in [0.2, 0.25) is 11.5 Å². The van der Waals surface area contributed by atoms with Crippen molar-refractivity contribution in [3.05, 3.63) is 20.1 Å². The summed E-state index contributed by atoms with van der Waals surface area (Å²) in [6, 6.07) is 0. The van der Waals surface area contributed by atoms with Crippen molar-refractivity contribution in [3.8, 4) is 11.5 Å². The van der Waals surface area contributed by atoms with Crippen LogP contribution < -0.4 is 9.78 Å². The topological polar surface area (TPSA) is 36.9 Å². The van der Waals surface area contributed by atoms with Crippen molar-refractivity contribution in [1.82, 2.24) is 0 Å². The molecule has 0 amide bonds. The Hall–Kier alpha value is -0.100. The van der Waals surface area contributed by atoms with Crippen molar-refractivity contribution < 1.29 is 19.6 Å². The fraction of sp³-hybridized carbons (Fsp3) is 0.250. The molecule has 0 spiro atoms. The molecule has 0 aromatic heterocycles. The van der Waals surface area contributed by atoms with E-state index in [9.17, 15) is 0 Å². The molecule has 0 aliphatic carbocycles. The molecular formula is C8H6Cl4O4. The van der Waals surface area contributed by atoms with E-state index in [-0.39, 0.29) is 31.6 Å². The highest BCUT2D eigenvalue weighted by molar-refractivity contribution is 6.50. The van der Waals surface area contributed by atoms with Gasteiger partial charge in [-0.15, -0.1) is 0 Å². The lowest BCUT2D eigenvalue weighted by molar-refractivity contribution is -0.180. The molecule has 1 aromatic carbocycles. The molecule has 1 rings (SSSR count). The van der Waals surface area contributed by atoms with Gasteiger partial charge in [0.1, 0.15) is 20.1 Å². The zero-order valence-electron chi connectivity index (χ0n) is 8.14. The Labute approximate surface area is 112 Å². The highest BCUT2D eigenvalue weighted by atomic mass is 35.5. The summed E-state index contributed by atoms with van der Waals surface area (Å²) in [6.07, 6.45) is 0. The van der Waals surface area contributed by atoms with Gasteiger partial charge in [0.05, 0.1) is 14.2 Å². The summed E-state index contributed by atoms with van der Waals surface area (Å²) in [6.45, 7) is 0. The van der Waals surface area contributed by atoms with E-state index in [2.05, 4.69) is 9.78 Å². The van der Waals surface area contributed by atoms with Crippen LogP contribution in [0.15, 0.2) is 0 Å². The standard InChI is InChI=1S/C8H6Cl4O4/c1-13-15-7-3(9)5(11)8(16-14-2)6(12)4(7)10/h1-2H3. The van der Waals surface area contributed by atoms with Gasteiger partial charge in [-0.05, 0) is 0 Å². The number of rotatable bonds is 4. The second kappa shape index (κ2) is 6.00. The van der Waals surface area contributed by atoms with Gasteiger partial charge in [-0.25, -0.2) is 0 Å². The van der Waals surface area contributed by atoms with Crippen LogP contribution in [0.4, 0.5) is 0 Å². The van der Waals surface area contributed by atoms with Crippen LogP contribution in [-0.4, -0.2) is 14.2 Å². The largest absolute Gasteiger partial charge is 0.335 e. The minimum atomic E-state index is 0.00397. The predicted octanol–water partition coefficient (Wildman–Crippen LogP) is 4.18. The molecule has 0 radical (unpaired) electrons. The maximum Gasteiger partial charge on any atom is 0.205 e. The SMILES string of the molecule is COOc1c(Cl)c(Cl)c(OOC)c(Cl)c1Cl. The molecule has 16 heavy (non-hydrogen) atoms. The molecule has 0 bridgehead atoms. The number of halogens is 4. The molecule has 0 saturated heterocycles. The van der Waals surface area contributed by atoms with Crippen molar-refractivity contribution in [2.75, 3.05) is 14.2 Å². The van der Waals surface area contributed by atoms with Crippen LogP contribution in [0.25, 0.3) is 0 Å². The first-order valence-corrected chi connectivity index (χ1v) is 5.33. The Morgan fingerprint density at radius 2 is 0.875 bits per heavy atom. The molecule has 0 aliphatic heterocycles. The predicted molar refractivity (Wildman–Crippen MR) is 61.8 cm³/mol. The summed E-state index contributed by atoms with van der Waals surface area (Å²) >= 11 is 23.5. The van der Waals surface area contributed by atoms with E-state index >= 15 is 0 Å². The lowest BCUT2D eigenvalue weighted by Gasteiger charge is -2.12.